The van der Waals surface area contributed by atoms with E-state index < -0.39 is 20.5 Å². The average Bonchev–Trinajstić information content (AvgIpc) is 2.59. The van der Waals surface area contributed by atoms with Crippen LogP contribution in [0.25, 0.3) is 0 Å². The fourth-order valence-electron chi connectivity index (χ4n) is 2.65. The maximum Gasteiger partial charge on any atom is 0.511 e. The number of hydrogen-bond donors (Lipinski definition) is 1. The van der Waals surface area contributed by atoms with Crippen LogP contribution >= 0.6 is 0 Å². The SMILES string of the molecule is N#Cc1cc([N+](=O)[O-])ccc1NCC1CCN(S(=O)(=O)C(F)(F)F)CC1. The molecule has 12 heteroatoms. The summed E-state index contributed by atoms with van der Waals surface area (Å²) in [4.78, 5) is 10.1. The molecule has 1 heterocycles. The molecule has 0 radical (unpaired) electrons. The maximum atomic E-state index is 12.5. The van der Waals surface area contributed by atoms with Crippen molar-refractivity contribution in [1.29, 1.82) is 5.26 Å². The zero-order valence-corrected chi connectivity index (χ0v) is 14.2. The molecule has 0 spiro atoms. The van der Waals surface area contributed by atoms with E-state index in [0.29, 0.717) is 16.5 Å². The first-order chi connectivity index (χ1) is 12.1. The Bertz CT molecular complexity index is 828. The predicted octanol–water partition coefficient (Wildman–Crippen LogP) is 2.44. The second-order valence-corrected chi connectivity index (χ2v) is 7.70. The highest BCUT2D eigenvalue weighted by atomic mass is 32.2. The number of benzene rings is 1. The maximum absolute atomic E-state index is 12.5. The van der Waals surface area contributed by atoms with Gasteiger partial charge < -0.3 is 5.32 Å². The summed E-state index contributed by atoms with van der Waals surface area (Å²) in [6.45, 7) is -0.161. The molecule has 0 aromatic heterocycles. The minimum Gasteiger partial charge on any atom is -0.384 e. The number of nitro groups is 1. The number of non-ortho nitro benzene ring substituents is 1. The smallest absolute Gasteiger partial charge is 0.384 e. The van der Waals surface area contributed by atoms with Gasteiger partial charge in [0.05, 0.1) is 16.2 Å². The monoisotopic (exact) mass is 392 g/mol. The zero-order valence-electron chi connectivity index (χ0n) is 13.4. The van der Waals surface area contributed by atoms with Crippen molar-refractivity contribution >= 4 is 21.4 Å². The number of nitro benzene ring substituents is 1. The van der Waals surface area contributed by atoms with Crippen molar-refractivity contribution in [2.45, 2.75) is 18.3 Å². The van der Waals surface area contributed by atoms with E-state index in [1.807, 2.05) is 6.07 Å². The Balaban J connectivity index is 1.95. The molecule has 8 nitrogen and oxygen atoms in total. The second-order valence-electron chi connectivity index (χ2n) is 5.77. The van der Waals surface area contributed by atoms with E-state index in [-0.39, 0.29) is 43.1 Å². The van der Waals surface area contributed by atoms with E-state index >= 15 is 0 Å². The molecule has 26 heavy (non-hydrogen) atoms. The molecule has 1 aromatic carbocycles. The van der Waals surface area contributed by atoms with Crippen LogP contribution in [0.15, 0.2) is 18.2 Å². The predicted molar refractivity (Wildman–Crippen MR) is 85.6 cm³/mol. The highest BCUT2D eigenvalue weighted by Crippen LogP contribution is 2.30. The number of piperidine rings is 1. The van der Waals surface area contributed by atoms with Crippen LogP contribution in [0.2, 0.25) is 0 Å². The minimum absolute atomic E-state index is 0.0799. The van der Waals surface area contributed by atoms with Crippen molar-refractivity contribution < 1.29 is 26.5 Å². The van der Waals surface area contributed by atoms with Crippen LogP contribution in [0.1, 0.15) is 18.4 Å². The summed E-state index contributed by atoms with van der Waals surface area (Å²) in [5.41, 5.74) is -5.07. The number of anilines is 1. The first-order valence-electron chi connectivity index (χ1n) is 7.55. The molecule has 1 aliphatic heterocycles. The van der Waals surface area contributed by atoms with Crippen LogP contribution in [0.4, 0.5) is 24.5 Å². The summed E-state index contributed by atoms with van der Waals surface area (Å²) in [5, 5.41) is 22.7. The summed E-state index contributed by atoms with van der Waals surface area (Å²) in [5.74, 6) is -0.0866. The lowest BCUT2D eigenvalue weighted by molar-refractivity contribution is -0.384. The lowest BCUT2D eigenvalue weighted by Crippen LogP contribution is -2.45. The number of nitrogens with one attached hydrogen (secondary N) is 1. The quantitative estimate of drug-likeness (QED) is 0.608. The van der Waals surface area contributed by atoms with E-state index in [1.165, 1.54) is 12.1 Å². The molecule has 0 atom stereocenters. The van der Waals surface area contributed by atoms with Gasteiger partial charge in [-0.25, -0.2) is 8.42 Å². The van der Waals surface area contributed by atoms with Gasteiger partial charge in [-0.1, -0.05) is 0 Å². The van der Waals surface area contributed by atoms with Gasteiger partial charge in [-0.05, 0) is 24.8 Å². The molecule has 1 aromatic rings. The fourth-order valence-corrected chi connectivity index (χ4v) is 3.63. The van der Waals surface area contributed by atoms with Gasteiger partial charge in [-0.2, -0.15) is 22.7 Å². The highest BCUT2D eigenvalue weighted by molar-refractivity contribution is 7.90. The molecular formula is C14H15F3N4O4S. The van der Waals surface area contributed by atoms with E-state index in [9.17, 15) is 31.7 Å². The standard InChI is InChI=1S/C14H15F3N4O4S/c15-14(16,17)26(24,25)20-5-3-10(4-6-20)9-19-13-2-1-12(21(22)23)7-11(13)8-18/h1-2,7,10,19H,3-6,9H2. The van der Waals surface area contributed by atoms with Crippen LogP contribution in [0, 0.1) is 27.4 Å². The number of nitriles is 1. The van der Waals surface area contributed by atoms with Crippen molar-refractivity contribution in [3.05, 3.63) is 33.9 Å². The Morgan fingerprint density at radius 1 is 1.35 bits per heavy atom. The third kappa shape index (κ3) is 4.23. The van der Waals surface area contributed by atoms with Crippen molar-refractivity contribution in [3.63, 3.8) is 0 Å². The minimum atomic E-state index is -5.31. The van der Waals surface area contributed by atoms with Gasteiger partial charge in [0.15, 0.2) is 0 Å². The van der Waals surface area contributed by atoms with Crippen molar-refractivity contribution in [1.82, 2.24) is 4.31 Å². The number of rotatable bonds is 5. The van der Waals surface area contributed by atoms with Crippen LogP contribution in [0.3, 0.4) is 0 Å². The number of hydrogen-bond acceptors (Lipinski definition) is 6. The molecule has 0 saturated carbocycles. The van der Waals surface area contributed by atoms with Crippen LogP contribution in [-0.2, 0) is 10.0 Å². The van der Waals surface area contributed by atoms with Crippen molar-refractivity contribution in [2.24, 2.45) is 5.92 Å². The lowest BCUT2D eigenvalue weighted by atomic mass is 9.98. The second kappa shape index (κ2) is 7.46. The van der Waals surface area contributed by atoms with Gasteiger partial charge in [-0.15, -0.1) is 0 Å². The Labute approximate surface area is 147 Å². The van der Waals surface area contributed by atoms with Crippen molar-refractivity contribution in [2.75, 3.05) is 25.0 Å². The van der Waals surface area contributed by atoms with Gasteiger partial charge in [0.1, 0.15) is 6.07 Å². The highest BCUT2D eigenvalue weighted by Gasteiger charge is 2.50. The fraction of sp³-hybridized carbons (Fsp3) is 0.500. The molecule has 1 fully saturated rings. The van der Waals surface area contributed by atoms with Crippen LogP contribution in [0.5, 0.6) is 0 Å². The molecule has 1 N–H and O–H groups in total. The average molecular weight is 392 g/mol. The topological polar surface area (TPSA) is 116 Å². The first-order valence-corrected chi connectivity index (χ1v) is 8.99. The summed E-state index contributed by atoms with van der Waals surface area (Å²) in [6.07, 6.45) is 0.467. The van der Waals surface area contributed by atoms with Gasteiger partial charge >= 0.3 is 15.5 Å². The third-order valence-corrected chi connectivity index (χ3v) is 5.75. The normalized spacial score (nSPS) is 16.8. The Hall–Kier alpha value is -2.39. The van der Waals surface area contributed by atoms with Crippen molar-refractivity contribution in [3.8, 4) is 6.07 Å². The molecule has 0 unspecified atom stereocenters. The molecule has 2 rings (SSSR count). The molecule has 0 bridgehead atoms. The number of sulfonamides is 1. The molecular weight excluding hydrogens is 377 g/mol. The Morgan fingerprint density at radius 2 is 1.96 bits per heavy atom. The van der Waals surface area contributed by atoms with Gasteiger partial charge in [0, 0.05) is 31.8 Å². The number of alkyl halides is 3. The molecule has 1 saturated heterocycles. The first kappa shape index (κ1) is 19.9. The van der Waals surface area contributed by atoms with E-state index in [4.69, 9.17) is 5.26 Å². The summed E-state index contributed by atoms with van der Waals surface area (Å²) >= 11 is 0. The summed E-state index contributed by atoms with van der Waals surface area (Å²) in [7, 11) is -5.31. The van der Waals surface area contributed by atoms with Gasteiger partial charge in [-0.3, -0.25) is 10.1 Å². The third-order valence-electron chi connectivity index (χ3n) is 4.12. The van der Waals surface area contributed by atoms with E-state index in [0.717, 1.165) is 6.07 Å². The molecule has 0 amide bonds. The molecule has 142 valence electrons. The van der Waals surface area contributed by atoms with Gasteiger partial charge in [0.25, 0.3) is 5.69 Å². The van der Waals surface area contributed by atoms with Crippen LogP contribution in [-0.4, -0.2) is 42.8 Å². The number of nitrogens with zero attached hydrogens (tertiary/aromatic N) is 3. The van der Waals surface area contributed by atoms with Crippen LogP contribution < -0.4 is 5.32 Å². The van der Waals surface area contributed by atoms with Gasteiger partial charge in [0.2, 0.25) is 0 Å². The largest absolute Gasteiger partial charge is 0.511 e. The zero-order chi connectivity index (χ0) is 19.5. The Morgan fingerprint density at radius 3 is 2.46 bits per heavy atom. The molecule has 0 aliphatic carbocycles. The van der Waals surface area contributed by atoms with E-state index in [1.54, 1.807) is 0 Å². The number of halogens is 3. The Kier molecular flexibility index (Phi) is 5.72. The summed E-state index contributed by atoms with van der Waals surface area (Å²) < 4.78 is 60.8. The summed E-state index contributed by atoms with van der Waals surface area (Å²) in [6, 6.07) is 5.60. The lowest BCUT2D eigenvalue weighted by Gasteiger charge is -2.31. The van der Waals surface area contributed by atoms with E-state index in [2.05, 4.69) is 5.32 Å². The molecule has 1 aliphatic rings.